The Balaban J connectivity index is 1.60. The number of methoxy groups -OCH3 is 2. The van der Waals surface area contributed by atoms with Crippen LogP contribution in [-0.4, -0.2) is 64.5 Å². The number of nitrogens with zero attached hydrogens (tertiary/aromatic N) is 1. The minimum atomic E-state index is -0.162. The zero-order chi connectivity index (χ0) is 21.2. The monoisotopic (exact) mass is 413 g/mol. The second kappa shape index (κ2) is 11.4. The SMILES string of the molecule is COc1ccc([C@H](CNC(=O)NCCc2ccccc2)N2CCOCC2)cc1OC. The molecular formula is C23H31N3O4. The number of benzene rings is 2. The van der Waals surface area contributed by atoms with Gasteiger partial charge < -0.3 is 24.8 Å². The Labute approximate surface area is 178 Å². The summed E-state index contributed by atoms with van der Waals surface area (Å²) < 4.78 is 16.3. The molecule has 0 saturated carbocycles. The molecule has 0 bridgehead atoms. The lowest BCUT2D eigenvalue weighted by Crippen LogP contribution is -2.46. The average molecular weight is 414 g/mol. The number of amides is 2. The minimum Gasteiger partial charge on any atom is -0.493 e. The highest BCUT2D eigenvalue weighted by atomic mass is 16.5. The van der Waals surface area contributed by atoms with Crippen LogP contribution in [0.15, 0.2) is 48.5 Å². The summed E-state index contributed by atoms with van der Waals surface area (Å²) >= 11 is 0. The Bertz CT molecular complexity index is 794. The van der Waals surface area contributed by atoms with E-state index >= 15 is 0 Å². The van der Waals surface area contributed by atoms with Crippen LogP contribution in [0.1, 0.15) is 17.2 Å². The Morgan fingerprint density at radius 1 is 1.03 bits per heavy atom. The zero-order valence-corrected chi connectivity index (χ0v) is 17.7. The summed E-state index contributed by atoms with van der Waals surface area (Å²) in [5, 5.41) is 5.97. The lowest BCUT2D eigenvalue weighted by atomic mass is 10.0. The average Bonchev–Trinajstić information content (AvgIpc) is 2.80. The van der Waals surface area contributed by atoms with Crippen molar-refractivity contribution in [3.8, 4) is 11.5 Å². The first-order valence-corrected chi connectivity index (χ1v) is 10.3. The van der Waals surface area contributed by atoms with Crippen LogP contribution in [-0.2, 0) is 11.2 Å². The largest absolute Gasteiger partial charge is 0.493 e. The van der Waals surface area contributed by atoms with E-state index in [1.165, 1.54) is 5.56 Å². The molecule has 1 aliphatic heterocycles. The van der Waals surface area contributed by atoms with Crippen LogP contribution >= 0.6 is 0 Å². The van der Waals surface area contributed by atoms with Crippen molar-refractivity contribution in [2.75, 3.05) is 53.6 Å². The quantitative estimate of drug-likeness (QED) is 0.661. The van der Waals surface area contributed by atoms with Crippen molar-refractivity contribution in [1.29, 1.82) is 0 Å². The van der Waals surface area contributed by atoms with E-state index < -0.39 is 0 Å². The maximum Gasteiger partial charge on any atom is 0.314 e. The van der Waals surface area contributed by atoms with Crippen LogP contribution in [0.2, 0.25) is 0 Å². The number of nitrogens with one attached hydrogen (secondary N) is 2. The molecule has 162 valence electrons. The maximum atomic E-state index is 12.4. The molecule has 2 N–H and O–H groups in total. The molecule has 7 heteroatoms. The van der Waals surface area contributed by atoms with Crippen molar-refractivity contribution in [3.05, 3.63) is 59.7 Å². The van der Waals surface area contributed by atoms with Gasteiger partial charge in [0.2, 0.25) is 0 Å². The molecule has 7 nitrogen and oxygen atoms in total. The Morgan fingerprint density at radius 3 is 2.47 bits per heavy atom. The number of ether oxygens (including phenoxy) is 3. The molecule has 1 saturated heterocycles. The number of carbonyl (C=O) groups is 1. The molecule has 2 aromatic rings. The molecule has 0 aliphatic carbocycles. The van der Waals surface area contributed by atoms with Crippen LogP contribution in [0, 0.1) is 0 Å². The van der Waals surface area contributed by atoms with Gasteiger partial charge in [0.05, 0.1) is 33.5 Å². The standard InChI is InChI=1S/C23H31N3O4/c1-28-21-9-8-19(16-22(21)29-2)20(26-12-14-30-15-13-26)17-25-23(27)24-11-10-18-6-4-3-5-7-18/h3-9,16,20H,10-15,17H2,1-2H3,(H2,24,25,27)/t20-/m0/s1. The Hall–Kier alpha value is -2.77. The van der Waals surface area contributed by atoms with E-state index in [0.29, 0.717) is 37.8 Å². The normalized spacial score (nSPS) is 15.3. The summed E-state index contributed by atoms with van der Waals surface area (Å²) in [5.74, 6) is 1.37. The van der Waals surface area contributed by atoms with E-state index in [9.17, 15) is 4.79 Å². The van der Waals surface area contributed by atoms with Gasteiger partial charge in [-0.3, -0.25) is 4.90 Å². The number of morpholine rings is 1. The summed E-state index contributed by atoms with van der Waals surface area (Å²) in [4.78, 5) is 14.7. The van der Waals surface area contributed by atoms with Crippen molar-refractivity contribution in [2.24, 2.45) is 0 Å². The third kappa shape index (κ3) is 6.11. The fraction of sp³-hybridized carbons (Fsp3) is 0.435. The van der Waals surface area contributed by atoms with Crippen molar-refractivity contribution in [1.82, 2.24) is 15.5 Å². The fourth-order valence-electron chi connectivity index (χ4n) is 3.62. The number of hydrogen-bond acceptors (Lipinski definition) is 5. The first-order chi connectivity index (χ1) is 14.7. The molecule has 2 aromatic carbocycles. The van der Waals surface area contributed by atoms with Crippen molar-refractivity contribution in [2.45, 2.75) is 12.5 Å². The van der Waals surface area contributed by atoms with Gasteiger partial charge in [-0.15, -0.1) is 0 Å². The number of hydrogen-bond donors (Lipinski definition) is 2. The van der Waals surface area contributed by atoms with E-state index in [2.05, 4.69) is 27.7 Å². The fourth-order valence-corrected chi connectivity index (χ4v) is 3.62. The first-order valence-electron chi connectivity index (χ1n) is 10.3. The van der Waals surface area contributed by atoms with Gasteiger partial charge in [0.1, 0.15) is 0 Å². The van der Waals surface area contributed by atoms with E-state index in [1.54, 1.807) is 14.2 Å². The molecule has 1 fully saturated rings. The zero-order valence-electron chi connectivity index (χ0n) is 17.7. The number of rotatable bonds is 9. The lowest BCUT2D eigenvalue weighted by Gasteiger charge is -2.35. The van der Waals surface area contributed by atoms with Gasteiger partial charge in [0.15, 0.2) is 11.5 Å². The molecule has 2 amide bonds. The summed E-state index contributed by atoms with van der Waals surface area (Å²) in [5.41, 5.74) is 2.27. The lowest BCUT2D eigenvalue weighted by molar-refractivity contribution is 0.0166. The number of urea groups is 1. The molecule has 0 aromatic heterocycles. The van der Waals surface area contributed by atoms with Crippen LogP contribution in [0.5, 0.6) is 11.5 Å². The molecule has 1 aliphatic rings. The molecule has 0 spiro atoms. The van der Waals surface area contributed by atoms with Gasteiger partial charge in [-0.05, 0) is 29.7 Å². The van der Waals surface area contributed by atoms with E-state index in [0.717, 1.165) is 25.1 Å². The van der Waals surface area contributed by atoms with Crippen molar-refractivity contribution in [3.63, 3.8) is 0 Å². The predicted molar refractivity (Wildman–Crippen MR) is 116 cm³/mol. The topological polar surface area (TPSA) is 72.1 Å². The molecule has 0 unspecified atom stereocenters. The minimum absolute atomic E-state index is 0.0218. The van der Waals surface area contributed by atoms with E-state index in [4.69, 9.17) is 14.2 Å². The highest BCUT2D eigenvalue weighted by molar-refractivity contribution is 5.73. The van der Waals surface area contributed by atoms with Crippen molar-refractivity contribution < 1.29 is 19.0 Å². The van der Waals surface area contributed by atoms with Gasteiger partial charge in [-0.1, -0.05) is 36.4 Å². The highest BCUT2D eigenvalue weighted by Gasteiger charge is 2.24. The smallest absolute Gasteiger partial charge is 0.314 e. The molecular weight excluding hydrogens is 382 g/mol. The third-order valence-electron chi connectivity index (χ3n) is 5.28. The van der Waals surface area contributed by atoms with E-state index in [1.807, 2.05) is 36.4 Å². The Kier molecular flexibility index (Phi) is 8.35. The van der Waals surface area contributed by atoms with Crippen LogP contribution < -0.4 is 20.1 Å². The molecule has 0 radical (unpaired) electrons. The summed E-state index contributed by atoms with van der Waals surface area (Å²) in [6.45, 7) is 4.09. The first kappa shape index (κ1) is 21.9. The maximum absolute atomic E-state index is 12.4. The summed E-state index contributed by atoms with van der Waals surface area (Å²) in [7, 11) is 3.25. The molecule has 1 atom stereocenters. The molecule has 1 heterocycles. The predicted octanol–water partition coefficient (Wildman–Crippen LogP) is 2.62. The van der Waals surface area contributed by atoms with Crippen LogP contribution in [0.25, 0.3) is 0 Å². The third-order valence-corrected chi connectivity index (χ3v) is 5.28. The van der Waals surface area contributed by atoms with Gasteiger partial charge in [0.25, 0.3) is 0 Å². The summed E-state index contributed by atoms with van der Waals surface area (Å²) in [6, 6.07) is 15.9. The van der Waals surface area contributed by atoms with Gasteiger partial charge >= 0.3 is 6.03 Å². The molecule has 30 heavy (non-hydrogen) atoms. The van der Waals surface area contributed by atoms with Gasteiger partial charge in [-0.25, -0.2) is 4.79 Å². The van der Waals surface area contributed by atoms with Crippen LogP contribution in [0.3, 0.4) is 0 Å². The van der Waals surface area contributed by atoms with Crippen LogP contribution in [0.4, 0.5) is 4.79 Å². The molecule has 3 rings (SSSR count). The van der Waals surface area contributed by atoms with Gasteiger partial charge in [0, 0.05) is 26.2 Å². The second-order valence-corrected chi connectivity index (χ2v) is 7.15. The number of carbonyl (C=O) groups excluding carboxylic acids is 1. The van der Waals surface area contributed by atoms with E-state index in [-0.39, 0.29) is 12.1 Å². The second-order valence-electron chi connectivity index (χ2n) is 7.15. The highest BCUT2D eigenvalue weighted by Crippen LogP contribution is 2.32. The Morgan fingerprint density at radius 2 is 1.77 bits per heavy atom. The van der Waals surface area contributed by atoms with Crippen molar-refractivity contribution >= 4 is 6.03 Å². The van der Waals surface area contributed by atoms with Gasteiger partial charge in [-0.2, -0.15) is 0 Å². The summed E-state index contributed by atoms with van der Waals surface area (Å²) in [6.07, 6.45) is 0.802.